The second-order valence-electron chi connectivity index (χ2n) is 7.78. The van der Waals surface area contributed by atoms with Crippen molar-refractivity contribution in [3.05, 3.63) is 76.2 Å². The summed E-state index contributed by atoms with van der Waals surface area (Å²) in [5, 5.41) is 2.94. The molecule has 0 saturated carbocycles. The zero-order chi connectivity index (χ0) is 22.0. The molecule has 6 nitrogen and oxygen atoms in total. The number of thiophene rings is 1. The van der Waals surface area contributed by atoms with E-state index in [1.807, 2.05) is 42.5 Å². The lowest BCUT2D eigenvalue weighted by molar-refractivity contribution is 0.0955. The van der Waals surface area contributed by atoms with Gasteiger partial charge in [0.1, 0.15) is 12.4 Å². The summed E-state index contributed by atoms with van der Waals surface area (Å²) in [6.45, 7) is 4.41. The molecule has 162 valence electrons. The zero-order valence-electron chi connectivity index (χ0n) is 17.3. The predicted molar refractivity (Wildman–Crippen MR) is 123 cm³/mol. The van der Waals surface area contributed by atoms with Gasteiger partial charge in [0.2, 0.25) is 10.0 Å². The van der Waals surface area contributed by atoms with Crippen LogP contribution in [0.1, 0.15) is 40.2 Å². The van der Waals surface area contributed by atoms with Crippen LogP contribution in [0.25, 0.3) is 10.4 Å². The van der Waals surface area contributed by atoms with Crippen molar-refractivity contribution in [2.45, 2.75) is 38.8 Å². The Bertz CT molecular complexity index is 1200. The fraction of sp³-hybridized carbons (Fsp3) is 0.261. The van der Waals surface area contributed by atoms with Crippen molar-refractivity contribution in [1.29, 1.82) is 0 Å². The number of rotatable bonds is 7. The lowest BCUT2D eigenvalue weighted by atomic mass is 10.1. The van der Waals surface area contributed by atoms with E-state index in [0.717, 1.165) is 27.3 Å². The summed E-state index contributed by atoms with van der Waals surface area (Å²) in [7, 11) is -3.36. The van der Waals surface area contributed by atoms with Crippen LogP contribution >= 0.6 is 11.3 Å². The highest BCUT2D eigenvalue weighted by molar-refractivity contribution is 7.88. The summed E-state index contributed by atoms with van der Waals surface area (Å²) in [6, 6.07) is 16.8. The SMILES string of the molecule is CC(C)NS(=O)(=O)Cc1ccc(CNC(=O)c2cc3c(s2)-c2ccccc2OC3)cc1. The fourth-order valence-electron chi connectivity index (χ4n) is 3.45. The number of hydrogen-bond donors (Lipinski definition) is 2. The van der Waals surface area contributed by atoms with Gasteiger partial charge >= 0.3 is 0 Å². The van der Waals surface area contributed by atoms with Gasteiger partial charge in [-0.3, -0.25) is 4.79 Å². The largest absolute Gasteiger partial charge is 0.488 e. The average molecular weight is 457 g/mol. The molecule has 31 heavy (non-hydrogen) atoms. The number of fused-ring (bicyclic) bond motifs is 3. The average Bonchev–Trinajstić information content (AvgIpc) is 3.17. The Labute approximate surface area is 186 Å². The van der Waals surface area contributed by atoms with Gasteiger partial charge in [-0.15, -0.1) is 11.3 Å². The van der Waals surface area contributed by atoms with Crippen molar-refractivity contribution in [2.75, 3.05) is 0 Å². The van der Waals surface area contributed by atoms with Crippen LogP contribution in [-0.2, 0) is 28.9 Å². The number of nitrogens with one attached hydrogen (secondary N) is 2. The van der Waals surface area contributed by atoms with Crippen LogP contribution in [0.2, 0.25) is 0 Å². The number of amides is 1. The van der Waals surface area contributed by atoms with Crippen molar-refractivity contribution in [1.82, 2.24) is 10.0 Å². The second kappa shape index (κ2) is 8.82. The van der Waals surface area contributed by atoms with Gasteiger partial charge in [0.15, 0.2) is 0 Å². The number of hydrogen-bond acceptors (Lipinski definition) is 5. The van der Waals surface area contributed by atoms with Crippen LogP contribution in [0.15, 0.2) is 54.6 Å². The fourth-order valence-corrected chi connectivity index (χ4v) is 6.00. The van der Waals surface area contributed by atoms with Crippen LogP contribution < -0.4 is 14.8 Å². The van der Waals surface area contributed by atoms with E-state index in [1.54, 1.807) is 26.0 Å². The smallest absolute Gasteiger partial charge is 0.261 e. The molecule has 8 heteroatoms. The van der Waals surface area contributed by atoms with Crippen molar-refractivity contribution < 1.29 is 17.9 Å². The molecule has 0 bridgehead atoms. The first-order valence-electron chi connectivity index (χ1n) is 10.0. The number of para-hydroxylation sites is 1. The minimum absolute atomic E-state index is 0.0673. The minimum atomic E-state index is -3.36. The van der Waals surface area contributed by atoms with Crippen molar-refractivity contribution in [2.24, 2.45) is 0 Å². The lowest BCUT2D eigenvalue weighted by Gasteiger charge is -2.16. The molecule has 1 aromatic heterocycles. The van der Waals surface area contributed by atoms with E-state index >= 15 is 0 Å². The molecule has 0 saturated heterocycles. The predicted octanol–water partition coefficient (Wildman–Crippen LogP) is 4.07. The molecular formula is C23H24N2O4S2. The van der Waals surface area contributed by atoms with E-state index in [2.05, 4.69) is 10.0 Å². The molecule has 2 heterocycles. The van der Waals surface area contributed by atoms with E-state index in [-0.39, 0.29) is 17.7 Å². The van der Waals surface area contributed by atoms with Gasteiger partial charge in [-0.25, -0.2) is 13.1 Å². The molecule has 0 atom stereocenters. The molecule has 0 radical (unpaired) electrons. The van der Waals surface area contributed by atoms with Crippen molar-refractivity contribution >= 4 is 27.3 Å². The van der Waals surface area contributed by atoms with Crippen molar-refractivity contribution in [3.8, 4) is 16.2 Å². The highest BCUT2D eigenvalue weighted by Crippen LogP contribution is 2.42. The van der Waals surface area contributed by atoms with Crippen LogP contribution in [0.4, 0.5) is 0 Å². The van der Waals surface area contributed by atoms with Crippen LogP contribution in [0.5, 0.6) is 5.75 Å². The standard InChI is InChI=1S/C23H24N2O4S2/c1-15(2)25-31(27,28)14-17-9-7-16(8-10-17)12-24-23(26)21-11-18-13-29-20-6-4-3-5-19(20)22(18)30-21/h3-11,15,25H,12-14H2,1-2H3,(H,24,26). The van der Waals surface area contributed by atoms with E-state index in [4.69, 9.17) is 4.74 Å². The molecule has 1 aliphatic rings. The molecule has 0 unspecified atom stereocenters. The maximum atomic E-state index is 12.7. The Balaban J connectivity index is 1.38. The third kappa shape index (κ3) is 5.15. The Morgan fingerprint density at radius 1 is 1.10 bits per heavy atom. The van der Waals surface area contributed by atoms with Gasteiger partial charge in [0, 0.05) is 28.6 Å². The topological polar surface area (TPSA) is 84.5 Å². The van der Waals surface area contributed by atoms with E-state index in [0.29, 0.717) is 23.6 Å². The van der Waals surface area contributed by atoms with Crippen LogP contribution in [0.3, 0.4) is 0 Å². The number of sulfonamides is 1. The van der Waals surface area contributed by atoms with Gasteiger partial charge in [-0.1, -0.05) is 36.4 Å². The molecule has 4 rings (SSSR count). The first-order chi connectivity index (χ1) is 14.8. The van der Waals surface area contributed by atoms with Crippen molar-refractivity contribution in [3.63, 3.8) is 0 Å². The zero-order valence-corrected chi connectivity index (χ0v) is 19.0. The van der Waals surface area contributed by atoms with Gasteiger partial charge < -0.3 is 10.1 Å². The minimum Gasteiger partial charge on any atom is -0.488 e. The summed E-state index contributed by atoms with van der Waals surface area (Å²) >= 11 is 1.47. The quantitative estimate of drug-likeness (QED) is 0.561. The van der Waals surface area contributed by atoms with Gasteiger partial charge in [-0.2, -0.15) is 0 Å². The summed E-state index contributed by atoms with van der Waals surface area (Å²) in [6.07, 6.45) is 0. The number of benzene rings is 2. The molecule has 2 N–H and O–H groups in total. The third-order valence-corrected chi connectivity index (χ3v) is 7.55. The van der Waals surface area contributed by atoms with Crippen LogP contribution in [-0.4, -0.2) is 20.4 Å². The second-order valence-corrected chi connectivity index (χ2v) is 10.6. The summed E-state index contributed by atoms with van der Waals surface area (Å²) in [5.74, 6) is 0.640. The molecule has 1 aliphatic heterocycles. The molecule has 0 spiro atoms. The summed E-state index contributed by atoms with van der Waals surface area (Å²) in [4.78, 5) is 14.4. The number of carbonyl (C=O) groups is 1. The van der Waals surface area contributed by atoms with Gasteiger partial charge in [0.05, 0.1) is 10.6 Å². The Kier molecular flexibility index (Phi) is 6.13. The first kappa shape index (κ1) is 21.5. The Morgan fingerprint density at radius 2 is 1.81 bits per heavy atom. The number of carbonyl (C=O) groups excluding carboxylic acids is 1. The first-order valence-corrected chi connectivity index (χ1v) is 12.5. The van der Waals surface area contributed by atoms with Crippen LogP contribution in [0, 0.1) is 0 Å². The Hall–Kier alpha value is -2.68. The third-order valence-electron chi connectivity index (χ3n) is 4.80. The Morgan fingerprint density at radius 3 is 2.55 bits per heavy atom. The molecule has 0 fully saturated rings. The highest BCUT2D eigenvalue weighted by atomic mass is 32.2. The normalized spacial score (nSPS) is 12.7. The molecule has 1 amide bonds. The summed E-state index contributed by atoms with van der Waals surface area (Å²) < 4.78 is 32.4. The number of ether oxygens (including phenoxy) is 1. The molecule has 2 aromatic carbocycles. The summed E-state index contributed by atoms with van der Waals surface area (Å²) in [5.41, 5.74) is 3.65. The molecule has 3 aromatic rings. The van der Waals surface area contributed by atoms with E-state index < -0.39 is 10.0 Å². The lowest BCUT2D eigenvalue weighted by Crippen LogP contribution is -2.31. The monoisotopic (exact) mass is 456 g/mol. The molecule has 0 aliphatic carbocycles. The highest BCUT2D eigenvalue weighted by Gasteiger charge is 2.22. The maximum Gasteiger partial charge on any atom is 0.261 e. The van der Waals surface area contributed by atoms with Gasteiger partial charge in [-0.05, 0) is 43.2 Å². The molecular weight excluding hydrogens is 432 g/mol. The van der Waals surface area contributed by atoms with E-state index in [1.165, 1.54) is 11.3 Å². The van der Waals surface area contributed by atoms with E-state index in [9.17, 15) is 13.2 Å². The van der Waals surface area contributed by atoms with Gasteiger partial charge in [0.25, 0.3) is 5.91 Å². The maximum absolute atomic E-state index is 12.7.